The highest BCUT2D eigenvalue weighted by Gasteiger charge is 2.43. The van der Waals surface area contributed by atoms with Crippen molar-refractivity contribution in [3.63, 3.8) is 0 Å². The average Bonchev–Trinajstić information content (AvgIpc) is 3.34. The maximum atomic E-state index is 13.8. The number of hydrogen-bond donors (Lipinski definition) is 1. The van der Waals surface area contributed by atoms with Crippen molar-refractivity contribution in [2.75, 3.05) is 54.2 Å². The van der Waals surface area contributed by atoms with Gasteiger partial charge in [-0.2, -0.15) is 0 Å². The maximum Gasteiger partial charge on any atom is 0.256 e. The van der Waals surface area contributed by atoms with Gasteiger partial charge in [-0.1, -0.05) is 26.0 Å². The van der Waals surface area contributed by atoms with E-state index in [1.807, 2.05) is 40.0 Å². The van der Waals surface area contributed by atoms with Crippen molar-refractivity contribution in [3.05, 3.63) is 52.7 Å². The molecule has 3 aliphatic rings. The Kier molecular flexibility index (Phi) is 6.42. The van der Waals surface area contributed by atoms with Gasteiger partial charge in [0.15, 0.2) is 0 Å². The van der Waals surface area contributed by atoms with E-state index in [9.17, 15) is 18.0 Å². The number of amides is 2. The van der Waals surface area contributed by atoms with E-state index in [1.165, 1.54) is 4.31 Å². The van der Waals surface area contributed by atoms with Crippen LogP contribution in [0.1, 0.15) is 53.2 Å². The van der Waals surface area contributed by atoms with Crippen LogP contribution in [-0.2, 0) is 14.8 Å². The molecule has 1 N–H and O–H groups in total. The number of rotatable bonds is 4. The quantitative estimate of drug-likeness (QED) is 0.658. The Bertz CT molecular complexity index is 1350. The van der Waals surface area contributed by atoms with Gasteiger partial charge in [0.2, 0.25) is 15.9 Å². The third-order valence-electron chi connectivity index (χ3n) is 7.77. The molecule has 0 bridgehead atoms. The van der Waals surface area contributed by atoms with Crippen molar-refractivity contribution in [2.24, 2.45) is 5.41 Å². The van der Waals surface area contributed by atoms with Gasteiger partial charge in [-0.15, -0.1) is 0 Å². The van der Waals surface area contributed by atoms with Crippen LogP contribution in [-0.4, -0.2) is 75.1 Å². The summed E-state index contributed by atoms with van der Waals surface area (Å²) in [5, 5.41) is 2.92. The highest BCUT2D eigenvalue weighted by molar-refractivity contribution is 7.93. The monoisotopic (exact) mass is 525 g/mol. The molecule has 1 atom stereocenters. The SMILES string of the molecule is Cc1cnc(N2CCN(C(=O)c3ccc(C4C(=O)NCC4(C)C)cc3N3CCCS3(=O)=O)CC2)c(C)c1. The van der Waals surface area contributed by atoms with Crippen molar-refractivity contribution in [1.82, 2.24) is 15.2 Å². The third kappa shape index (κ3) is 4.67. The van der Waals surface area contributed by atoms with Gasteiger partial charge in [0.25, 0.3) is 5.91 Å². The normalized spacial score (nSPS) is 22.9. The van der Waals surface area contributed by atoms with Crippen LogP contribution in [0.4, 0.5) is 11.5 Å². The molecule has 0 aliphatic carbocycles. The number of nitrogens with one attached hydrogen (secondary N) is 1. The Hall–Kier alpha value is -3.14. The van der Waals surface area contributed by atoms with Crippen molar-refractivity contribution in [2.45, 2.75) is 40.0 Å². The molecular formula is C27H35N5O4S. The van der Waals surface area contributed by atoms with E-state index < -0.39 is 15.9 Å². The summed E-state index contributed by atoms with van der Waals surface area (Å²) in [7, 11) is -3.52. The summed E-state index contributed by atoms with van der Waals surface area (Å²) >= 11 is 0. The second kappa shape index (κ2) is 9.31. The number of benzene rings is 1. The minimum absolute atomic E-state index is 0.0574. The van der Waals surface area contributed by atoms with Gasteiger partial charge in [-0.3, -0.25) is 13.9 Å². The molecule has 2 aromatic rings. The highest BCUT2D eigenvalue weighted by Crippen LogP contribution is 2.41. The van der Waals surface area contributed by atoms with Crippen molar-refractivity contribution < 1.29 is 18.0 Å². The topological polar surface area (TPSA) is 103 Å². The standard InChI is InChI=1S/C27H35N5O4S/c1-18-14-19(2)24(28-16-18)30-9-11-31(12-10-30)26(34)21-7-6-20(23-25(33)29-17-27(23,3)4)15-22(21)32-8-5-13-37(32,35)36/h6-7,14-16,23H,5,8-13,17H2,1-4H3,(H,29,33). The van der Waals surface area contributed by atoms with Gasteiger partial charge >= 0.3 is 0 Å². The predicted octanol–water partition coefficient (Wildman–Crippen LogP) is 2.44. The van der Waals surface area contributed by atoms with Crippen molar-refractivity contribution in [3.8, 4) is 0 Å². The lowest BCUT2D eigenvalue weighted by Crippen LogP contribution is -2.49. The second-order valence-corrected chi connectivity index (χ2v) is 13.1. The summed E-state index contributed by atoms with van der Waals surface area (Å²) in [6.07, 6.45) is 2.37. The molecule has 2 amide bonds. The fourth-order valence-corrected chi connectivity index (χ4v) is 7.41. The largest absolute Gasteiger partial charge is 0.355 e. The summed E-state index contributed by atoms with van der Waals surface area (Å²) in [6, 6.07) is 7.38. The molecule has 3 saturated heterocycles. The molecule has 0 spiro atoms. The van der Waals surface area contributed by atoms with E-state index in [-0.39, 0.29) is 23.0 Å². The minimum Gasteiger partial charge on any atom is -0.355 e. The van der Waals surface area contributed by atoms with Crippen molar-refractivity contribution >= 4 is 33.3 Å². The fourth-order valence-electron chi connectivity index (χ4n) is 5.83. The predicted molar refractivity (Wildman–Crippen MR) is 144 cm³/mol. The minimum atomic E-state index is -3.52. The van der Waals surface area contributed by atoms with Gasteiger partial charge in [0.1, 0.15) is 5.82 Å². The van der Waals surface area contributed by atoms with Crippen molar-refractivity contribution in [1.29, 1.82) is 0 Å². The molecule has 0 radical (unpaired) electrons. The number of nitrogens with zero attached hydrogens (tertiary/aromatic N) is 4. The Balaban J connectivity index is 1.44. The lowest BCUT2D eigenvalue weighted by molar-refractivity contribution is -0.121. The second-order valence-electron chi connectivity index (χ2n) is 11.1. The van der Waals surface area contributed by atoms with Crippen LogP contribution in [0, 0.1) is 19.3 Å². The Morgan fingerprint density at radius 3 is 2.41 bits per heavy atom. The first kappa shape index (κ1) is 25.5. The van der Waals surface area contributed by atoms with Crippen LogP contribution in [0.15, 0.2) is 30.5 Å². The Morgan fingerprint density at radius 2 is 1.81 bits per heavy atom. The number of hydrogen-bond acceptors (Lipinski definition) is 6. The number of aromatic nitrogens is 1. The summed E-state index contributed by atoms with van der Waals surface area (Å²) in [5.74, 6) is 0.322. The van der Waals surface area contributed by atoms with E-state index in [1.54, 1.807) is 17.0 Å². The molecule has 10 heteroatoms. The zero-order valence-electron chi connectivity index (χ0n) is 22.0. The zero-order chi connectivity index (χ0) is 26.5. The van der Waals surface area contributed by atoms with E-state index >= 15 is 0 Å². The third-order valence-corrected chi connectivity index (χ3v) is 9.62. The highest BCUT2D eigenvalue weighted by atomic mass is 32.2. The first-order valence-corrected chi connectivity index (χ1v) is 14.5. The molecule has 37 heavy (non-hydrogen) atoms. The summed E-state index contributed by atoms with van der Waals surface area (Å²) in [5.41, 5.74) is 3.39. The van der Waals surface area contributed by atoms with E-state index in [0.717, 1.165) is 22.5 Å². The molecule has 198 valence electrons. The Labute approximate surface area is 218 Å². The molecule has 5 rings (SSSR count). The first-order valence-electron chi connectivity index (χ1n) is 12.9. The van der Waals surface area contributed by atoms with E-state index in [0.29, 0.717) is 56.9 Å². The van der Waals surface area contributed by atoms with Crippen LogP contribution in [0.3, 0.4) is 0 Å². The maximum absolute atomic E-state index is 13.8. The van der Waals surface area contributed by atoms with E-state index in [4.69, 9.17) is 0 Å². The van der Waals surface area contributed by atoms with Crippen LogP contribution in [0.5, 0.6) is 0 Å². The zero-order valence-corrected chi connectivity index (χ0v) is 22.8. The van der Waals surface area contributed by atoms with Crippen LogP contribution < -0.4 is 14.5 Å². The van der Waals surface area contributed by atoms with Crippen LogP contribution >= 0.6 is 0 Å². The van der Waals surface area contributed by atoms with E-state index in [2.05, 4.69) is 21.3 Å². The number of anilines is 2. The fraction of sp³-hybridized carbons (Fsp3) is 0.519. The summed E-state index contributed by atoms with van der Waals surface area (Å²) < 4.78 is 27.2. The van der Waals surface area contributed by atoms with Gasteiger partial charge in [0, 0.05) is 45.5 Å². The number of carbonyl (C=O) groups excluding carboxylic acids is 2. The Morgan fingerprint density at radius 1 is 1.08 bits per heavy atom. The molecule has 1 aromatic heterocycles. The molecule has 1 unspecified atom stereocenters. The molecule has 9 nitrogen and oxygen atoms in total. The lowest BCUT2D eigenvalue weighted by atomic mass is 9.77. The average molecular weight is 526 g/mol. The van der Waals surface area contributed by atoms with Crippen LogP contribution in [0.25, 0.3) is 0 Å². The molecule has 1 aromatic carbocycles. The number of sulfonamides is 1. The van der Waals surface area contributed by atoms with Gasteiger partial charge < -0.3 is 15.1 Å². The first-order chi connectivity index (χ1) is 17.5. The number of piperazine rings is 1. The lowest BCUT2D eigenvalue weighted by Gasteiger charge is -2.36. The van der Waals surface area contributed by atoms with Crippen LogP contribution in [0.2, 0.25) is 0 Å². The number of aryl methyl sites for hydroxylation is 2. The molecule has 4 heterocycles. The molecular weight excluding hydrogens is 490 g/mol. The molecule has 0 saturated carbocycles. The smallest absolute Gasteiger partial charge is 0.256 e. The summed E-state index contributed by atoms with van der Waals surface area (Å²) in [6.45, 7) is 11.3. The molecule has 3 aliphatic heterocycles. The van der Waals surface area contributed by atoms with Gasteiger partial charge in [-0.05, 0) is 54.5 Å². The molecule has 3 fully saturated rings. The van der Waals surface area contributed by atoms with Gasteiger partial charge in [-0.25, -0.2) is 13.4 Å². The number of pyridine rings is 1. The number of carbonyl (C=O) groups is 2. The van der Waals surface area contributed by atoms with Gasteiger partial charge in [0.05, 0.1) is 22.9 Å². The summed E-state index contributed by atoms with van der Waals surface area (Å²) in [4.78, 5) is 35.0.